The fraction of sp³-hybridized carbons (Fsp3) is 0.611. The van der Waals surface area contributed by atoms with E-state index in [0.29, 0.717) is 5.56 Å². The third-order valence-corrected chi connectivity index (χ3v) is 3.50. The highest BCUT2D eigenvalue weighted by atomic mass is 16.6. The minimum atomic E-state index is -1.21. The molecule has 0 fully saturated rings. The quantitative estimate of drug-likeness (QED) is 0.670. The average Bonchev–Trinajstić information content (AvgIpc) is 2.35. The minimum Gasteiger partial charge on any atom is -0.431 e. The Morgan fingerprint density at radius 1 is 1.05 bits per heavy atom. The van der Waals surface area contributed by atoms with Crippen LogP contribution in [0.3, 0.4) is 0 Å². The van der Waals surface area contributed by atoms with E-state index in [-0.39, 0.29) is 17.3 Å². The number of hydrogen-bond donors (Lipinski definition) is 1. The molecule has 1 atom stereocenters. The summed E-state index contributed by atoms with van der Waals surface area (Å²) in [6.07, 6.45) is -0.955. The molecule has 0 saturated carbocycles. The Morgan fingerprint density at radius 3 is 1.81 bits per heavy atom. The highest BCUT2D eigenvalue weighted by molar-refractivity contribution is 5.69. The first kappa shape index (κ1) is 17.7. The Hall–Kier alpha value is -1.35. The highest BCUT2D eigenvalue weighted by Gasteiger charge is 2.23. The highest BCUT2D eigenvalue weighted by Crippen LogP contribution is 2.32. The summed E-state index contributed by atoms with van der Waals surface area (Å²) in [5.74, 6) is -0.402. The maximum absolute atomic E-state index is 11.4. The topological polar surface area (TPSA) is 46.5 Å². The predicted molar refractivity (Wildman–Crippen MR) is 85.2 cm³/mol. The first-order valence-electron chi connectivity index (χ1n) is 7.48. The third-order valence-electron chi connectivity index (χ3n) is 3.50. The zero-order valence-corrected chi connectivity index (χ0v) is 14.3. The second-order valence-electron chi connectivity index (χ2n) is 7.54. The number of benzene rings is 1. The van der Waals surface area contributed by atoms with Gasteiger partial charge in [-0.2, -0.15) is 0 Å². The molecule has 0 saturated heterocycles. The maximum Gasteiger partial charge on any atom is 0.308 e. The van der Waals surface area contributed by atoms with Gasteiger partial charge < -0.3 is 9.84 Å². The Morgan fingerprint density at radius 2 is 1.48 bits per heavy atom. The van der Waals surface area contributed by atoms with Crippen LogP contribution in [0.4, 0.5) is 0 Å². The number of carbonyl (C=O) groups excluding carboxylic acids is 1. The minimum absolute atomic E-state index is 0.0372. The molecule has 0 aliphatic rings. The lowest BCUT2D eigenvalue weighted by molar-refractivity contribution is -0.168. The van der Waals surface area contributed by atoms with E-state index in [1.54, 1.807) is 6.92 Å². The molecular weight excluding hydrogens is 264 g/mol. The van der Waals surface area contributed by atoms with Crippen LogP contribution in [0.1, 0.15) is 77.9 Å². The number of aliphatic hydroxyl groups excluding tert-OH is 1. The van der Waals surface area contributed by atoms with Gasteiger partial charge in [0, 0.05) is 12.0 Å². The fourth-order valence-corrected chi connectivity index (χ4v) is 1.94. The zero-order valence-electron chi connectivity index (χ0n) is 14.3. The summed E-state index contributed by atoms with van der Waals surface area (Å²) in [6, 6.07) is 6.00. The second-order valence-corrected chi connectivity index (χ2v) is 7.54. The SMILES string of the molecule is CCC(=O)OC(O)c1cc(C(C)(C)C)cc(C(C)(C)C)c1. The monoisotopic (exact) mass is 292 g/mol. The van der Waals surface area contributed by atoms with Crippen LogP contribution in [-0.4, -0.2) is 11.1 Å². The Bertz CT molecular complexity index is 472. The summed E-state index contributed by atoms with van der Waals surface area (Å²) in [5.41, 5.74) is 2.80. The lowest BCUT2D eigenvalue weighted by Gasteiger charge is -2.27. The molecule has 1 aromatic rings. The van der Waals surface area contributed by atoms with Gasteiger partial charge in [-0.3, -0.25) is 4.79 Å². The van der Waals surface area contributed by atoms with E-state index < -0.39 is 12.3 Å². The van der Waals surface area contributed by atoms with Gasteiger partial charge in [-0.25, -0.2) is 0 Å². The van der Waals surface area contributed by atoms with E-state index in [0.717, 1.165) is 11.1 Å². The number of hydrogen-bond acceptors (Lipinski definition) is 3. The standard InChI is InChI=1S/C18H28O3/c1-8-15(19)21-16(20)12-9-13(17(2,3)4)11-14(10-12)18(5,6)7/h9-11,16,20H,8H2,1-7H3. The van der Waals surface area contributed by atoms with Crippen molar-refractivity contribution < 1.29 is 14.6 Å². The zero-order chi connectivity index (χ0) is 16.4. The van der Waals surface area contributed by atoms with Crippen molar-refractivity contribution in [2.24, 2.45) is 0 Å². The van der Waals surface area contributed by atoms with Crippen LogP contribution in [0.2, 0.25) is 0 Å². The fourth-order valence-electron chi connectivity index (χ4n) is 1.94. The summed E-state index contributed by atoms with van der Waals surface area (Å²) in [7, 11) is 0. The molecule has 21 heavy (non-hydrogen) atoms. The smallest absolute Gasteiger partial charge is 0.308 e. The van der Waals surface area contributed by atoms with Crippen LogP contribution < -0.4 is 0 Å². The molecule has 118 valence electrons. The van der Waals surface area contributed by atoms with E-state index >= 15 is 0 Å². The predicted octanol–water partition coefficient (Wildman–Crippen LogP) is 4.23. The van der Waals surface area contributed by atoms with Crippen LogP contribution in [0.5, 0.6) is 0 Å². The molecule has 3 heteroatoms. The van der Waals surface area contributed by atoms with Crippen LogP contribution in [0.15, 0.2) is 18.2 Å². The van der Waals surface area contributed by atoms with Gasteiger partial charge in [-0.05, 0) is 34.1 Å². The number of ether oxygens (including phenoxy) is 1. The first-order chi connectivity index (χ1) is 9.45. The largest absolute Gasteiger partial charge is 0.431 e. The van der Waals surface area contributed by atoms with Crippen LogP contribution in [-0.2, 0) is 20.4 Å². The first-order valence-corrected chi connectivity index (χ1v) is 7.48. The lowest BCUT2D eigenvalue weighted by Crippen LogP contribution is -2.18. The molecule has 1 N–H and O–H groups in total. The van der Waals surface area contributed by atoms with Crippen molar-refractivity contribution in [3.8, 4) is 0 Å². The molecule has 0 aliphatic carbocycles. The normalized spacial score (nSPS) is 13.9. The van der Waals surface area contributed by atoms with E-state index in [4.69, 9.17) is 4.74 Å². The third kappa shape index (κ3) is 4.85. The van der Waals surface area contributed by atoms with Crippen molar-refractivity contribution in [3.63, 3.8) is 0 Å². The molecule has 1 unspecified atom stereocenters. The molecule has 0 aliphatic heterocycles. The van der Waals surface area contributed by atoms with Gasteiger partial charge in [0.15, 0.2) is 0 Å². The number of aliphatic hydroxyl groups is 1. The van der Waals surface area contributed by atoms with Crippen molar-refractivity contribution in [3.05, 3.63) is 34.9 Å². The van der Waals surface area contributed by atoms with Crippen molar-refractivity contribution >= 4 is 5.97 Å². The van der Waals surface area contributed by atoms with Gasteiger partial charge in [0.05, 0.1) is 0 Å². The summed E-state index contributed by atoms with van der Waals surface area (Å²) in [4.78, 5) is 11.4. The van der Waals surface area contributed by atoms with Gasteiger partial charge in [0.2, 0.25) is 6.29 Å². The molecule has 3 nitrogen and oxygen atoms in total. The number of esters is 1. The molecule has 0 radical (unpaired) electrons. The van der Waals surface area contributed by atoms with Crippen LogP contribution in [0.25, 0.3) is 0 Å². The van der Waals surface area contributed by atoms with Crippen molar-refractivity contribution in [2.75, 3.05) is 0 Å². The second kappa shape index (κ2) is 6.18. The lowest BCUT2D eigenvalue weighted by atomic mass is 9.79. The number of carbonyl (C=O) groups is 1. The summed E-state index contributed by atoms with van der Waals surface area (Å²) in [5, 5.41) is 10.2. The van der Waals surface area contributed by atoms with Gasteiger partial charge >= 0.3 is 5.97 Å². The Balaban J connectivity index is 3.28. The van der Waals surface area contributed by atoms with Crippen molar-refractivity contribution in [1.82, 2.24) is 0 Å². The molecule has 0 heterocycles. The molecule has 0 amide bonds. The van der Waals surface area contributed by atoms with Gasteiger partial charge in [-0.1, -0.05) is 54.5 Å². The van der Waals surface area contributed by atoms with Crippen molar-refractivity contribution in [1.29, 1.82) is 0 Å². The van der Waals surface area contributed by atoms with Gasteiger partial charge in [0.1, 0.15) is 0 Å². The maximum atomic E-state index is 11.4. The van der Waals surface area contributed by atoms with Crippen molar-refractivity contribution in [2.45, 2.75) is 72.0 Å². The van der Waals surface area contributed by atoms with Crippen LogP contribution in [0, 0.1) is 0 Å². The van der Waals surface area contributed by atoms with E-state index in [1.165, 1.54) is 0 Å². The van der Waals surface area contributed by atoms with E-state index in [2.05, 4.69) is 47.6 Å². The summed E-state index contributed by atoms with van der Waals surface area (Å²) >= 11 is 0. The molecule has 1 rings (SSSR count). The molecule has 0 aromatic heterocycles. The van der Waals surface area contributed by atoms with Gasteiger partial charge in [0.25, 0.3) is 0 Å². The van der Waals surface area contributed by atoms with E-state index in [9.17, 15) is 9.90 Å². The molecular formula is C18H28O3. The van der Waals surface area contributed by atoms with Gasteiger partial charge in [-0.15, -0.1) is 0 Å². The average molecular weight is 292 g/mol. The Kier molecular flexibility index (Phi) is 5.21. The number of rotatable bonds is 3. The van der Waals surface area contributed by atoms with E-state index in [1.807, 2.05) is 12.1 Å². The van der Waals surface area contributed by atoms with Crippen LogP contribution >= 0.6 is 0 Å². The molecule has 0 spiro atoms. The molecule has 1 aromatic carbocycles. The molecule has 0 bridgehead atoms. The summed E-state index contributed by atoms with van der Waals surface area (Å²) < 4.78 is 5.04. The summed E-state index contributed by atoms with van der Waals surface area (Å²) in [6.45, 7) is 14.5. The Labute approximate surface area is 128 Å².